The Balaban J connectivity index is -0.000000164. The van der Waals surface area contributed by atoms with E-state index in [0.29, 0.717) is 6.42 Å². The summed E-state index contributed by atoms with van der Waals surface area (Å²) in [5, 5.41) is 16.4. The molecule has 0 aliphatic heterocycles. The van der Waals surface area contributed by atoms with Crippen LogP contribution in [0.4, 0.5) is 0 Å². The van der Waals surface area contributed by atoms with Crippen molar-refractivity contribution in [2.45, 2.75) is 144 Å². The predicted molar refractivity (Wildman–Crippen MR) is 142 cm³/mol. The van der Waals surface area contributed by atoms with Gasteiger partial charge in [-0.15, -0.1) is 0 Å². The summed E-state index contributed by atoms with van der Waals surface area (Å²) in [7, 11) is 0. The quantitative estimate of drug-likeness (QED) is 0.0863. The summed E-state index contributed by atoms with van der Waals surface area (Å²) < 4.78 is 8.25. The van der Waals surface area contributed by atoms with Crippen LogP contribution in [0.25, 0.3) is 0 Å². The molecule has 0 bridgehead atoms. The van der Waals surface area contributed by atoms with Crippen molar-refractivity contribution in [3.05, 3.63) is 25.0 Å². The summed E-state index contributed by atoms with van der Waals surface area (Å²) in [6, 6.07) is 0. The predicted octanol–water partition coefficient (Wildman–Crippen LogP) is 9.32. The maximum absolute atomic E-state index is 10.3. The average molecular weight is 521 g/mol. The average Bonchev–Trinajstić information content (AvgIpc) is 2.79. The molecule has 0 rings (SSSR count). The first-order valence-corrected chi connectivity index (χ1v) is 13.7. The summed E-state index contributed by atoms with van der Waals surface area (Å²) in [4.78, 5) is 19.9. The van der Waals surface area contributed by atoms with Gasteiger partial charge in [-0.05, 0) is 13.3 Å². The minimum atomic E-state index is -0.935. The number of carboxylic acids is 2. The molecule has 0 atom stereocenters. The van der Waals surface area contributed by atoms with Gasteiger partial charge in [0.05, 0.1) is 0 Å². The molecule has 5 nitrogen and oxygen atoms in total. The Kier molecular flexibility index (Phi) is 58.1. The first kappa shape index (κ1) is 43.3. The number of hydrogen-bond acceptors (Lipinski definition) is 3. The van der Waals surface area contributed by atoms with Gasteiger partial charge < -0.3 is 23.1 Å². The Morgan fingerprint density at radius 2 is 0.853 bits per heavy atom. The monoisotopic (exact) mass is 520 g/mol. The number of carbonyl (C=O) groups is 2. The zero-order valence-corrected chi connectivity index (χ0v) is 24.9. The van der Waals surface area contributed by atoms with Crippen LogP contribution in [0.3, 0.4) is 0 Å². The second-order valence-corrected chi connectivity index (χ2v) is 8.33. The van der Waals surface area contributed by atoms with E-state index >= 15 is 0 Å². The van der Waals surface area contributed by atoms with Crippen LogP contribution in [0, 0.1) is 12.8 Å². The van der Waals surface area contributed by atoms with Gasteiger partial charge in [0.2, 0.25) is 0 Å². The number of carboxylic acid groups (broad SMARTS) is 2. The third-order valence-electron chi connectivity index (χ3n) is 4.36. The van der Waals surface area contributed by atoms with E-state index in [1.807, 2.05) is 40.5 Å². The van der Waals surface area contributed by atoms with Gasteiger partial charge in [0, 0.05) is 12.0 Å². The standard InChI is InChI=1S/C18H36O2.C4H6O2.2C3H7.O.Ti/c1-2-3-4-5-6-7-8-9-10-11-12-13-14-15-16-17-18(19)20;1-3(2)4(5)6;2*1-3-2;;/h2-17H2,1H3,(H,19,20);1H2,2H3,(H,5,6);2*3H,1-2H3;;/q;;2*-1;;+2. The first-order chi connectivity index (χ1) is 16.2. The Morgan fingerprint density at radius 3 is 1.03 bits per heavy atom. The van der Waals surface area contributed by atoms with Crippen LogP contribution in [0.2, 0.25) is 0 Å². The second-order valence-electron chi connectivity index (χ2n) is 8.33. The maximum atomic E-state index is 10.3. The molecule has 0 saturated carbocycles. The molecule has 34 heavy (non-hydrogen) atoms. The second kappa shape index (κ2) is 45.7. The van der Waals surface area contributed by atoms with Gasteiger partial charge in [-0.2, -0.15) is 27.7 Å². The fourth-order valence-electron chi connectivity index (χ4n) is 2.65. The molecule has 202 valence electrons. The molecular formula is C28H56O5Ti. The molecule has 0 saturated heterocycles. The van der Waals surface area contributed by atoms with Crippen molar-refractivity contribution in [3.63, 3.8) is 0 Å². The molecule has 0 aromatic rings. The number of rotatable bonds is 17. The van der Waals surface area contributed by atoms with Crippen LogP contribution >= 0.6 is 0 Å². The van der Waals surface area contributed by atoms with E-state index in [-0.39, 0.29) is 5.57 Å². The third-order valence-corrected chi connectivity index (χ3v) is 4.36. The molecule has 0 fully saturated rings. The molecule has 0 aromatic carbocycles. The van der Waals surface area contributed by atoms with Crippen molar-refractivity contribution in [1.29, 1.82) is 0 Å². The van der Waals surface area contributed by atoms with Crippen molar-refractivity contribution in [2.24, 2.45) is 0 Å². The van der Waals surface area contributed by atoms with Crippen LogP contribution < -0.4 is 0 Å². The van der Waals surface area contributed by atoms with Crippen molar-refractivity contribution in [1.82, 2.24) is 0 Å². The molecule has 0 aromatic heterocycles. The van der Waals surface area contributed by atoms with Gasteiger partial charge in [-0.25, -0.2) is 4.79 Å². The molecule has 6 heteroatoms. The molecule has 0 amide bonds. The Hall–Kier alpha value is -0.806. The molecule has 0 spiro atoms. The van der Waals surface area contributed by atoms with E-state index in [1.165, 1.54) is 90.4 Å². The van der Waals surface area contributed by atoms with Gasteiger partial charge in [-0.1, -0.05) is 103 Å². The van der Waals surface area contributed by atoms with Crippen LogP contribution in [0.5, 0.6) is 0 Å². The third kappa shape index (κ3) is 69.7. The van der Waals surface area contributed by atoms with Crippen molar-refractivity contribution in [2.75, 3.05) is 0 Å². The van der Waals surface area contributed by atoms with Crippen LogP contribution in [-0.2, 0) is 33.3 Å². The van der Waals surface area contributed by atoms with Crippen molar-refractivity contribution in [3.8, 4) is 0 Å². The number of hydrogen-bond donors (Lipinski definition) is 2. The van der Waals surface area contributed by atoms with Gasteiger partial charge in [0.1, 0.15) is 0 Å². The molecule has 0 aliphatic rings. The molecular weight excluding hydrogens is 464 g/mol. The molecule has 0 heterocycles. The van der Waals surface area contributed by atoms with Crippen molar-refractivity contribution >= 4 is 11.9 Å². The summed E-state index contributed by atoms with van der Waals surface area (Å²) in [5.74, 6) is -1.59. The molecule has 2 N–H and O–H groups in total. The van der Waals surface area contributed by atoms with Gasteiger partial charge >= 0.3 is 35.7 Å². The molecule has 0 aliphatic carbocycles. The van der Waals surface area contributed by atoms with E-state index in [1.54, 1.807) is 0 Å². The number of unbranched alkanes of at least 4 members (excludes halogenated alkanes) is 14. The Labute approximate surface area is 224 Å². The van der Waals surface area contributed by atoms with E-state index in [4.69, 9.17) is 13.5 Å². The first-order valence-electron chi connectivity index (χ1n) is 13.0. The van der Waals surface area contributed by atoms with E-state index < -0.39 is 11.9 Å². The van der Waals surface area contributed by atoms with E-state index in [9.17, 15) is 9.59 Å². The fourth-order valence-corrected chi connectivity index (χ4v) is 2.65. The summed E-state index contributed by atoms with van der Waals surface area (Å²) >= 11 is 0.750. The zero-order valence-electron chi connectivity index (χ0n) is 23.3. The Morgan fingerprint density at radius 1 is 0.647 bits per heavy atom. The number of aliphatic carboxylic acids is 2. The fraction of sp³-hybridized carbons (Fsp3) is 0.786. The minimum absolute atomic E-state index is 0.176. The summed E-state index contributed by atoms with van der Waals surface area (Å²) in [5.41, 5.74) is 0.176. The van der Waals surface area contributed by atoms with Crippen LogP contribution in [-0.4, -0.2) is 22.2 Å². The van der Waals surface area contributed by atoms with Gasteiger partial charge in [0.15, 0.2) is 0 Å². The van der Waals surface area contributed by atoms with E-state index in [2.05, 4.69) is 13.5 Å². The van der Waals surface area contributed by atoms with E-state index in [0.717, 1.165) is 33.2 Å². The molecule has 0 radical (unpaired) electrons. The van der Waals surface area contributed by atoms with Crippen LogP contribution in [0.1, 0.15) is 144 Å². The SMILES string of the molecule is C=C(C)C(=O)O.CCCCCCCCCCCCCCCCCC(=O)O.C[CH-]C.C[CH-]C.[O]=[Ti+2]. The van der Waals surface area contributed by atoms with Crippen molar-refractivity contribution < 1.29 is 43.5 Å². The Bertz CT molecular complexity index is 386. The van der Waals surface area contributed by atoms with Crippen LogP contribution in [0.15, 0.2) is 12.2 Å². The van der Waals surface area contributed by atoms with Gasteiger partial charge in [-0.3, -0.25) is 4.79 Å². The summed E-state index contributed by atoms with van der Waals surface area (Å²) in [6.45, 7) is 14.9. The molecule has 0 unspecified atom stereocenters. The zero-order chi connectivity index (χ0) is 27.5. The van der Waals surface area contributed by atoms with Gasteiger partial charge in [0.25, 0.3) is 0 Å². The summed E-state index contributed by atoms with van der Waals surface area (Å²) in [6.07, 6.45) is 24.2. The normalized spacial score (nSPS) is 8.94. The topological polar surface area (TPSA) is 91.7 Å².